The predicted octanol–water partition coefficient (Wildman–Crippen LogP) is 12.7. The summed E-state index contributed by atoms with van der Waals surface area (Å²) in [5.41, 5.74) is 36.6. The van der Waals surface area contributed by atoms with Crippen molar-refractivity contribution in [2.75, 3.05) is 0 Å². The number of aromatic nitrogens is 6. The van der Waals surface area contributed by atoms with Crippen LogP contribution in [0.5, 0.6) is 0 Å². The van der Waals surface area contributed by atoms with Crippen LogP contribution in [0.15, 0.2) is 43.7 Å². The van der Waals surface area contributed by atoms with Crippen LogP contribution in [-0.2, 0) is 0 Å². The first-order valence-electron chi connectivity index (χ1n) is 20.5. The molecular weight excluding hydrogens is 713 g/mol. The van der Waals surface area contributed by atoms with E-state index in [0.717, 1.165) is 91.1 Å². The van der Waals surface area contributed by atoms with Gasteiger partial charge in [-0.05, 0) is 212 Å². The minimum Gasteiger partial charge on any atom is -0.353 e. The first kappa shape index (κ1) is 37.6. The zero-order chi connectivity index (χ0) is 41.5. The fourth-order valence-electron chi connectivity index (χ4n) is 9.29. The zero-order valence-corrected chi connectivity index (χ0v) is 37.0. The Labute approximate surface area is 341 Å². The monoisotopic (exact) mass is 768 g/mol. The Hall–Kier alpha value is -6.02. The number of rotatable bonds is 0. The van der Waals surface area contributed by atoms with Crippen LogP contribution in [0.3, 0.4) is 0 Å². The normalized spacial score (nSPS) is 15.2. The minimum atomic E-state index is 0.984. The fourth-order valence-corrected chi connectivity index (χ4v) is 9.29. The molecule has 0 unspecified atom stereocenters. The van der Waals surface area contributed by atoms with Crippen LogP contribution in [0.1, 0.15) is 117 Å². The molecule has 0 radical (unpaired) electrons. The largest absolute Gasteiger partial charge is 0.353 e. The Balaban J connectivity index is 1.31. The van der Waals surface area contributed by atoms with Gasteiger partial charge in [-0.2, -0.15) is 0 Å². The topological polar surface area (TPSA) is 119 Å². The third kappa shape index (κ3) is 5.06. The van der Waals surface area contributed by atoms with Crippen molar-refractivity contribution in [2.24, 2.45) is 9.98 Å². The third-order valence-corrected chi connectivity index (χ3v) is 14.6. The lowest BCUT2D eigenvalue weighted by molar-refractivity contribution is 1.25. The number of allylic oxidation sites excluding steroid dienone is 4. The molecule has 16 bridgehead atoms. The number of aromatic amines is 6. The molecule has 0 saturated heterocycles. The van der Waals surface area contributed by atoms with Crippen molar-refractivity contribution in [1.82, 2.24) is 29.9 Å². The minimum absolute atomic E-state index is 0.984. The lowest BCUT2D eigenvalue weighted by Gasteiger charge is -2.02. The molecule has 0 amide bonds. The summed E-state index contributed by atoms with van der Waals surface area (Å²) in [4.78, 5) is 33.9. The number of H-pyrrole nitrogens is 6. The molecule has 8 nitrogen and oxygen atoms in total. The van der Waals surface area contributed by atoms with Crippen molar-refractivity contribution in [3.8, 4) is 45.6 Å². The average molecular weight is 769 g/mol. The van der Waals surface area contributed by atoms with Gasteiger partial charge < -0.3 is 29.9 Å². The smallest absolute Gasteiger partial charge is 0.0907 e. The van der Waals surface area contributed by atoms with E-state index in [0.29, 0.717) is 0 Å². The highest BCUT2D eigenvalue weighted by Crippen LogP contribution is 2.42. The van der Waals surface area contributed by atoms with Crippen LogP contribution in [0, 0.1) is 83.1 Å². The van der Waals surface area contributed by atoms with Crippen LogP contribution in [0.2, 0.25) is 0 Å². The first-order chi connectivity index (χ1) is 27.4. The lowest BCUT2D eigenvalue weighted by atomic mass is 10.0. The van der Waals surface area contributed by atoms with Crippen molar-refractivity contribution in [3.63, 3.8) is 0 Å². The number of nitrogens with one attached hydrogen (secondary N) is 6. The van der Waals surface area contributed by atoms with Gasteiger partial charge in [-0.3, -0.25) is 0 Å². The van der Waals surface area contributed by atoms with Gasteiger partial charge in [0.05, 0.1) is 79.8 Å². The van der Waals surface area contributed by atoms with Gasteiger partial charge in [0.25, 0.3) is 0 Å². The SMILES string of the molecule is CC1=C(C)C2=NC1=Cc1[nH]c(c(C)c1C)-c1[nH]c(c(C)c1C)-c1[nH]c(c(C)c1C)C1=NC(=Cc3[nH]c(c(C)c3C)-c3[nH]c(c(C)c3C)-c3[nH]c2c(C)c3C)C(C)=C1C. The van der Waals surface area contributed by atoms with E-state index in [1.165, 1.54) is 89.1 Å². The van der Waals surface area contributed by atoms with Gasteiger partial charge in [-0.1, -0.05) is 0 Å². The Kier molecular flexibility index (Phi) is 8.25. The number of aliphatic imine (C=N–C) groups is 2. The van der Waals surface area contributed by atoms with Crippen molar-refractivity contribution in [2.45, 2.75) is 111 Å². The van der Waals surface area contributed by atoms with E-state index in [9.17, 15) is 0 Å². The zero-order valence-electron chi connectivity index (χ0n) is 37.0. The van der Waals surface area contributed by atoms with Gasteiger partial charge in [0.1, 0.15) is 0 Å². The highest BCUT2D eigenvalue weighted by Gasteiger charge is 2.29. The van der Waals surface area contributed by atoms with E-state index in [1.807, 2.05) is 0 Å². The Morgan fingerprint density at radius 1 is 0.259 bits per heavy atom. The highest BCUT2D eigenvalue weighted by molar-refractivity contribution is 6.17. The molecule has 6 N–H and O–H groups in total. The van der Waals surface area contributed by atoms with Crippen LogP contribution in [0.25, 0.3) is 57.7 Å². The molecule has 0 atom stereocenters. The van der Waals surface area contributed by atoms with E-state index in [1.54, 1.807) is 0 Å². The molecule has 3 aliphatic rings. The van der Waals surface area contributed by atoms with Crippen LogP contribution in [0.4, 0.5) is 0 Å². The summed E-state index contributed by atoms with van der Waals surface area (Å²) < 4.78 is 0. The molecule has 6 aromatic rings. The molecule has 9 rings (SSSR count). The molecular formula is C50H56N8. The number of hydrogen-bond acceptors (Lipinski definition) is 2. The molecule has 0 saturated carbocycles. The van der Waals surface area contributed by atoms with Gasteiger partial charge >= 0.3 is 0 Å². The summed E-state index contributed by atoms with van der Waals surface area (Å²) in [6.07, 6.45) is 4.46. The summed E-state index contributed by atoms with van der Waals surface area (Å²) in [5.74, 6) is 0. The second-order valence-electron chi connectivity index (χ2n) is 17.3. The molecule has 3 aliphatic heterocycles. The van der Waals surface area contributed by atoms with E-state index in [-0.39, 0.29) is 0 Å². The third-order valence-electron chi connectivity index (χ3n) is 14.6. The summed E-state index contributed by atoms with van der Waals surface area (Å²) >= 11 is 0. The summed E-state index contributed by atoms with van der Waals surface area (Å²) in [7, 11) is 0. The van der Waals surface area contributed by atoms with E-state index >= 15 is 0 Å². The maximum Gasteiger partial charge on any atom is 0.0907 e. The highest BCUT2D eigenvalue weighted by atomic mass is 14.9. The first-order valence-corrected chi connectivity index (χ1v) is 20.5. The molecule has 58 heavy (non-hydrogen) atoms. The predicted molar refractivity (Wildman–Crippen MR) is 243 cm³/mol. The summed E-state index contributed by atoms with van der Waals surface area (Å²) in [6, 6.07) is 0. The standard InChI is InChI=1S/C50H56N8/c1-19-23(5)39-43-27(9)31(13)47(55-43)48-32(14)29(11)45(57-48)41-25(7)21(3)37(53-41)18-38-22(4)26(8)42(54-38)46-30(12)34(16)50(58-46)49-33(15)28(10)44(56-49)40-24(6)20(2)36(52-40)17-35(19)51-39/h17-18,51,54-58H,1-16H3. The summed E-state index contributed by atoms with van der Waals surface area (Å²) in [6.45, 7) is 35.4. The molecule has 0 aliphatic carbocycles. The quantitative estimate of drug-likeness (QED) is 0.0882. The molecule has 6 aromatic heterocycles. The summed E-state index contributed by atoms with van der Waals surface area (Å²) in [5, 5.41) is 0. The van der Waals surface area contributed by atoms with Crippen LogP contribution in [-0.4, -0.2) is 41.3 Å². The molecule has 8 heteroatoms. The van der Waals surface area contributed by atoms with Gasteiger partial charge in [-0.15, -0.1) is 0 Å². The van der Waals surface area contributed by atoms with E-state index in [2.05, 4.69) is 153 Å². The van der Waals surface area contributed by atoms with Gasteiger partial charge in [0.15, 0.2) is 0 Å². The maximum atomic E-state index is 5.35. The van der Waals surface area contributed by atoms with Gasteiger partial charge in [0, 0.05) is 11.4 Å². The Morgan fingerprint density at radius 2 is 0.483 bits per heavy atom. The fraction of sp³-hybridized carbons (Fsp3) is 0.320. The van der Waals surface area contributed by atoms with E-state index in [4.69, 9.17) is 9.98 Å². The second kappa shape index (κ2) is 12.7. The van der Waals surface area contributed by atoms with Crippen molar-refractivity contribution in [3.05, 3.63) is 123 Å². The second-order valence-corrected chi connectivity index (χ2v) is 17.3. The van der Waals surface area contributed by atoms with Crippen molar-refractivity contribution in [1.29, 1.82) is 0 Å². The van der Waals surface area contributed by atoms with E-state index < -0.39 is 0 Å². The Morgan fingerprint density at radius 3 is 0.776 bits per heavy atom. The molecule has 0 fully saturated rings. The Bertz CT molecular complexity index is 2830. The van der Waals surface area contributed by atoms with Crippen LogP contribution < -0.4 is 0 Å². The molecule has 9 heterocycles. The van der Waals surface area contributed by atoms with Crippen LogP contribution >= 0.6 is 0 Å². The average Bonchev–Trinajstić information content (AvgIpc) is 4.06. The van der Waals surface area contributed by atoms with Crippen molar-refractivity contribution >= 4 is 23.6 Å². The molecule has 0 spiro atoms. The van der Waals surface area contributed by atoms with Gasteiger partial charge in [-0.25, -0.2) is 9.98 Å². The number of hydrogen-bond donors (Lipinski definition) is 6. The van der Waals surface area contributed by atoms with Gasteiger partial charge in [0.2, 0.25) is 0 Å². The van der Waals surface area contributed by atoms with Crippen molar-refractivity contribution < 1.29 is 0 Å². The number of nitrogens with zero attached hydrogens (tertiary/aromatic N) is 2. The maximum absolute atomic E-state index is 5.35. The molecule has 296 valence electrons. The number of fused-ring (bicyclic) bond motifs is 20. The molecule has 0 aromatic carbocycles. The lowest BCUT2D eigenvalue weighted by Crippen LogP contribution is -2.02.